The number of hydrogen-bond donors (Lipinski definition) is 0. The lowest BCUT2D eigenvalue weighted by Gasteiger charge is -1.99. The maximum Gasteiger partial charge on any atom is 0.0230 e. The maximum atomic E-state index is 7.00. The lowest BCUT2D eigenvalue weighted by atomic mass is 10.1. The van der Waals surface area contributed by atoms with Crippen LogP contribution in [0.3, 0.4) is 0 Å². The van der Waals surface area contributed by atoms with Crippen LogP contribution < -0.4 is 0 Å². The number of hydrogen-bond acceptors (Lipinski definition) is 0. The highest BCUT2D eigenvalue weighted by atomic mass is 14.0. The average molecular weight is 172 g/mol. The molecule has 0 atom stereocenters. The first kappa shape index (κ1) is 10.1. The zero-order chi connectivity index (χ0) is 9.78. The lowest BCUT2D eigenvalue weighted by Crippen LogP contribution is -1.80. The summed E-state index contributed by atoms with van der Waals surface area (Å²) in [4.78, 5) is 0. The van der Waals surface area contributed by atoms with Gasteiger partial charge in [0, 0.05) is 1.37 Å². The fourth-order valence-electron chi connectivity index (χ4n) is 1.49. The quantitative estimate of drug-likeness (QED) is 0.433. The highest BCUT2D eigenvalue weighted by molar-refractivity contribution is 4.45. The van der Waals surface area contributed by atoms with Gasteiger partial charge in [-0.3, -0.25) is 0 Å². The fourth-order valence-corrected chi connectivity index (χ4v) is 1.49. The summed E-state index contributed by atoms with van der Waals surface area (Å²) < 4.78 is 7.00. The van der Waals surface area contributed by atoms with Crippen LogP contribution in [0.15, 0.2) is 0 Å². The van der Waals surface area contributed by atoms with Gasteiger partial charge in [0.1, 0.15) is 0 Å². The Kier molecular flexibility index (Phi) is 9.24. The van der Waals surface area contributed by atoms with Gasteiger partial charge in [0.25, 0.3) is 0 Å². The van der Waals surface area contributed by atoms with Crippen molar-refractivity contribution in [1.82, 2.24) is 0 Å². The van der Waals surface area contributed by atoms with Crippen LogP contribution in [0.5, 0.6) is 0 Å². The molecule has 0 aliphatic rings. The van der Waals surface area contributed by atoms with Crippen molar-refractivity contribution in [3.05, 3.63) is 0 Å². The molecule has 0 heterocycles. The second-order valence-electron chi connectivity index (χ2n) is 3.68. The Hall–Kier alpha value is 0. The SMILES string of the molecule is [3H]CCCCCCCCCCCC. The molecule has 0 heteroatoms. The van der Waals surface area contributed by atoms with Crippen LogP contribution in [-0.2, 0) is 0 Å². The predicted octanol–water partition coefficient (Wildman–Crippen LogP) is 4.93. The third-order valence-corrected chi connectivity index (χ3v) is 2.35. The van der Waals surface area contributed by atoms with E-state index in [-0.39, 0.29) is 0 Å². The average Bonchev–Trinajstić information content (AvgIpc) is 2.16. The third kappa shape index (κ3) is 10.0. The van der Waals surface area contributed by atoms with Gasteiger partial charge in [-0.2, -0.15) is 0 Å². The van der Waals surface area contributed by atoms with Crippen molar-refractivity contribution in [3.8, 4) is 0 Å². The first-order valence-electron chi connectivity index (χ1n) is 6.41. The summed E-state index contributed by atoms with van der Waals surface area (Å²) in [6, 6.07) is 0. The first-order valence-corrected chi connectivity index (χ1v) is 5.71. The van der Waals surface area contributed by atoms with Crippen molar-refractivity contribution in [2.24, 2.45) is 0 Å². The molecule has 0 fully saturated rings. The molecule has 0 aliphatic heterocycles. The van der Waals surface area contributed by atoms with Crippen LogP contribution in [0.4, 0.5) is 0 Å². The predicted molar refractivity (Wildman–Crippen MR) is 57.5 cm³/mol. The van der Waals surface area contributed by atoms with E-state index in [1.165, 1.54) is 57.8 Å². The highest BCUT2D eigenvalue weighted by Gasteiger charge is 1.90. The second-order valence-corrected chi connectivity index (χ2v) is 3.68. The molecule has 0 rings (SSSR count). The molecule has 12 heavy (non-hydrogen) atoms. The summed E-state index contributed by atoms with van der Waals surface area (Å²) >= 11 is 0. The molecule has 0 saturated heterocycles. The van der Waals surface area contributed by atoms with Gasteiger partial charge in [0.15, 0.2) is 0 Å². The van der Waals surface area contributed by atoms with Crippen LogP contribution in [0.1, 0.15) is 79.4 Å². The van der Waals surface area contributed by atoms with Crippen molar-refractivity contribution in [2.45, 2.75) is 78.0 Å². The molecule has 0 radical (unpaired) electrons. The largest absolute Gasteiger partial charge is 0.0654 e. The van der Waals surface area contributed by atoms with E-state index in [2.05, 4.69) is 6.92 Å². The van der Waals surface area contributed by atoms with Gasteiger partial charge >= 0.3 is 0 Å². The van der Waals surface area contributed by atoms with Gasteiger partial charge in [-0.05, 0) is 0 Å². The smallest absolute Gasteiger partial charge is 0.0230 e. The van der Waals surface area contributed by atoms with E-state index in [1.807, 2.05) is 0 Å². The standard InChI is InChI=1S/C12H26/c1-3-5-7-9-11-12-10-8-6-4-2/h3-12H2,1-2H3/i1T. The van der Waals surface area contributed by atoms with E-state index in [1.54, 1.807) is 0 Å². The van der Waals surface area contributed by atoms with E-state index in [4.69, 9.17) is 1.37 Å². The molecular formula is C12H26. The Morgan fingerprint density at radius 2 is 1.08 bits per heavy atom. The highest BCUT2D eigenvalue weighted by Crippen LogP contribution is 2.09. The topological polar surface area (TPSA) is 0 Å². The third-order valence-electron chi connectivity index (χ3n) is 2.35. The van der Waals surface area contributed by atoms with Crippen molar-refractivity contribution < 1.29 is 1.37 Å². The zero-order valence-electron chi connectivity index (χ0n) is 9.78. The van der Waals surface area contributed by atoms with Gasteiger partial charge in [0.05, 0.1) is 0 Å². The van der Waals surface area contributed by atoms with E-state index in [9.17, 15) is 0 Å². The van der Waals surface area contributed by atoms with Gasteiger partial charge in [-0.1, -0.05) is 78.0 Å². The van der Waals surface area contributed by atoms with Gasteiger partial charge in [0.2, 0.25) is 0 Å². The lowest BCUT2D eigenvalue weighted by molar-refractivity contribution is 0.562. The Balaban J connectivity index is 2.76. The monoisotopic (exact) mass is 172 g/mol. The second kappa shape index (κ2) is 11.0. The summed E-state index contributed by atoms with van der Waals surface area (Å²) in [7, 11) is 0. The van der Waals surface area contributed by atoms with Crippen molar-refractivity contribution in [2.75, 3.05) is 0 Å². The summed E-state index contributed by atoms with van der Waals surface area (Å²) in [5.41, 5.74) is 0. The minimum atomic E-state index is 0.622. The van der Waals surface area contributed by atoms with Crippen LogP contribution in [0.2, 0.25) is 0 Å². The molecule has 0 nitrogen and oxygen atoms in total. The van der Waals surface area contributed by atoms with Crippen molar-refractivity contribution in [1.29, 1.82) is 0 Å². The molecule has 0 spiro atoms. The minimum absolute atomic E-state index is 0.622. The Morgan fingerprint density at radius 1 is 0.667 bits per heavy atom. The van der Waals surface area contributed by atoms with Crippen molar-refractivity contribution >= 4 is 0 Å². The Morgan fingerprint density at radius 3 is 1.50 bits per heavy atom. The first-order chi connectivity index (χ1) is 6.41. The summed E-state index contributed by atoms with van der Waals surface area (Å²) in [5, 5.41) is 0. The van der Waals surface area contributed by atoms with Gasteiger partial charge in [-0.25, -0.2) is 0 Å². The summed E-state index contributed by atoms with van der Waals surface area (Å²) in [5.74, 6) is 0. The van der Waals surface area contributed by atoms with Crippen LogP contribution in [0, 0.1) is 0 Å². The van der Waals surface area contributed by atoms with Crippen LogP contribution in [0.25, 0.3) is 0 Å². The summed E-state index contributed by atoms with van der Waals surface area (Å²) in [6.45, 7) is 2.89. The summed E-state index contributed by atoms with van der Waals surface area (Å²) in [6.07, 6.45) is 13.6. The maximum absolute atomic E-state index is 7.00. The van der Waals surface area contributed by atoms with E-state index in [0.717, 1.165) is 6.42 Å². The normalized spacial score (nSPS) is 11.6. The number of unbranched alkanes of at least 4 members (excludes halogenated alkanes) is 9. The number of rotatable bonds is 9. The fraction of sp³-hybridized carbons (Fsp3) is 1.00. The molecular weight excluding hydrogens is 144 g/mol. The molecule has 0 amide bonds. The molecule has 0 unspecified atom stereocenters. The minimum Gasteiger partial charge on any atom is -0.0654 e. The molecule has 0 aliphatic carbocycles. The van der Waals surface area contributed by atoms with Gasteiger partial charge < -0.3 is 0 Å². The van der Waals surface area contributed by atoms with Gasteiger partial charge in [-0.15, -0.1) is 0 Å². The molecule has 0 aromatic carbocycles. The Labute approximate surface area is 80.2 Å². The molecule has 74 valence electrons. The van der Waals surface area contributed by atoms with E-state index in [0.29, 0.717) is 6.90 Å². The van der Waals surface area contributed by atoms with Crippen LogP contribution >= 0.6 is 0 Å². The zero-order valence-corrected chi connectivity index (χ0v) is 8.78. The molecule has 0 N–H and O–H groups in total. The van der Waals surface area contributed by atoms with E-state index >= 15 is 0 Å². The molecule has 0 bridgehead atoms. The molecule has 0 saturated carbocycles. The van der Waals surface area contributed by atoms with Crippen LogP contribution in [-0.4, -0.2) is 0 Å². The van der Waals surface area contributed by atoms with Crippen molar-refractivity contribution in [3.63, 3.8) is 0 Å². The van der Waals surface area contributed by atoms with E-state index < -0.39 is 0 Å². The Bertz CT molecular complexity index is 71.2. The molecule has 0 aromatic rings. The molecule has 0 aromatic heterocycles.